The molecule has 1 fully saturated rings. The van der Waals surface area contributed by atoms with Crippen LogP contribution in [0, 0.1) is 0 Å². The molecular formula is C27H26N2O8. The van der Waals surface area contributed by atoms with Crippen LogP contribution < -0.4 is 5.32 Å². The molecule has 0 radical (unpaired) electrons. The fourth-order valence-corrected chi connectivity index (χ4v) is 4.03. The highest BCUT2D eigenvalue weighted by Gasteiger charge is 2.27. The van der Waals surface area contributed by atoms with Crippen molar-refractivity contribution in [3.05, 3.63) is 82.9 Å². The molecule has 0 aliphatic carbocycles. The molecule has 192 valence electrons. The molecule has 10 heteroatoms. The first-order valence-electron chi connectivity index (χ1n) is 11.7. The molecule has 1 atom stereocenters. The Kier molecular flexibility index (Phi) is 7.59. The lowest BCUT2D eigenvalue weighted by molar-refractivity contribution is -0.141. The van der Waals surface area contributed by atoms with Gasteiger partial charge >= 0.3 is 5.97 Å². The smallest absolute Gasteiger partial charge is 0.357 e. The van der Waals surface area contributed by atoms with E-state index in [1.165, 1.54) is 53.6 Å². The van der Waals surface area contributed by atoms with Crippen molar-refractivity contribution in [3.8, 4) is 23.0 Å². The van der Waals surface area contributed by atoms with E-state index in [2.05, 4.69) is 5.32 Å². The first-order chi connectivity index (χ1) is 17.7. The van der Waals surface area contributed by atoms with E-state index >= 15 is 0 Å². The lowest BCUT2D eigenvalue weighted by Crippen LogP contribution is -2.48. The highest BCUT2D eigenvalue weighted by molar-refractivity contribution is 6.10. The number of hydroxylamine groups is 2. The fourth-order valence-electron chi connectivity index (χ4n) is 4.03. The van der Waals surface area contributed by atoms with Gasteiger partial charge < -0.3 is 30.6 Å². The van der Waals surface area contributed by atoms with Crippen LogP contribution in [0.2, 0.25) is 0 Å². The van der Waals surface area contributed by atoms with Crippen LogP contribution in [0.25, 0.3) is 0 Å². The van der Waals surface area contributed by atoms with Crippen molar-refractivity contribution in [2.75, 3.05) is 6.54 Å². The summed E-state index contributed by atoms with van der Waals surface area (Å²) in [4.78, 5) is 44.2. The number of ketones is 1. The largest absolute Gasteiger partial charge is 0.508 e. The molecule has 1 saturated heterocycles. The zero-order valence-electron chi connectivity index (χ0n) is 19.8. The van der Waals surface area contributed by atoms with Gasteiger partial charge in [-0.25, -0.2) is 4.79 Å². The van der Waals surface area contributed by atoms with Gasteiger partial charge in [-0.3, -0.25) is 9.59 Å². The summed E-state index contributed by atoms with van der Waals surface area (Å²) in [5.74, 6) is -3.67. The van der Waals surface area contributed by atoms with Crippen molar-refractivity contribution in [2.24, 2.45) is 0 Å². The maximum Gasteiger partial charge on any atom is 0.357 e. The van der Waals surface area contributed by atoms with Gasteiger partial charge in [0.1, 0.15) is 11.9 Å². The number of carbonyl (C=O) groups excluding carboxylic acids is 3. The van der Waals surface area contributed by atoms with Crippen molar-refractivity contribution >= 4 is 17.7 Å². The van der Waals surface area contributed by atoms with Crippen LogP contribution >= 0.6 is 0 Å². The monoisotopic (exact) mass is 506 g/mol. The summed E-state index contributed by atoms with van der Waals surface area (Å²) in [6, 6.07) is 13.6. The summed E-state index contributed by atoms with van der Waals surface area (Å²) in [6.07, 6.45) is 2.42. The van der Waals surface area contributed by atoms with Crippen molar-refractivity contribution in [1.82, 2.24) is 10.4 Å². The molecule has 3 aromatic carbocycles. The predicted molar refractivity (Wildman–Crippen MR) is 131 cm³/mol. The zero-order chi connectivity index (χ0) is 26.5. The quantitative estimate of drug-likeness (QED) is 0.250. The van der Waals surface area contributed by atoms with Crippen molar-refractivity contribution in [3.63, 3.8) is 0 Å². The minimum atomic E-state index is -0.733. The minimum absolute atomic E-state index is 0.0242. The summed E-state index contributed by atoms with van der Waals surface area (Å²) in [5.41, 5.74) is 0.506. The minimum Gasteiger partial charge on any atom is -0.508 e. The van der Waals surface area contributed by atoms with Gasteiger partial charge in [-0.2, -0.15) is 0 Å². The lowest BCUT2D eigenvalue weighted by Gasteiger charge is -2.28. The Morgan fingerprint density at radius 3 is 2.16 bits per heavy atom. The average molecular weight is 507 g/mol. The molecule has 0 bridgehead atoms. The van der Waals surface area contributed by atoms with Crippen LogP contribution in [0.15, 0.2) is 60.7 Å². The Morgan fingerprint density at radius 2 is 1.46 bits per heavy atom. The molecule has 0 saturated carbocycles. The van der Waals surface area contributed by atoms with Crippen LogP contribution in [0.5, 0.6) is 23.0 Å². The van der Waals surface area contributed by atoms with Crippen LogP contribution in [-0.4, -0.2) is 55.9 Å². The number of benzene rings is 3. The van der Waals surface area contributed by atoms with Crippen LogP contribution in [0.1, 0.15) is 62.3 Å². The molecule has 4 rings (SSSR count). The Labute approximate surface area is 212 Å². The lowest BCUT2D eigenvalue weighted by atomic mass is 10.00. The number of rotatable bonds is 6. The normalized spacial score (nSPS) is 15.9. The van der Waals surface area contributed by atoms with E-state index in [1.807, 2.05) is 0 Å². The maximum absolute atomic E-state index is 13.1. The molecule has 0 spiro atoms. The third kappa shape index (κ3) is 5.99. The van der Waals surface area contributed by atoms with Gasteiger partial charge in [-0.05, 0) is 67.8 Å². The molecule has 1 aliphatic rings. The van der Waals surface area contributed by atoms with Gasteiger partial charge in [-0.1, -0.05) is 18.6 Å². The number of phenolic OH excluding ortho intramolecular Hbond substituents is 4. The molecule has 1 unspecified atom stereocenters. The van der Waals surface area contributed by atoms with Crippen LogP contribution in [-0.2, 0) is 4.84 Å². The van der Waals surface area contributed by atoms with E-state index in [4.69, 9.17) is 4.84 Å². The number of phenols is 4. The molecular weight excluding hydrogens is 480 g/mol. The molecule has 10 nitrogen and oxygen atoms in total. The molecule has 37 heavy (non-hydrogen) atoms. The van der Waals surface area contributed by atoms with Gasteiger partial charge in [0.25, 0.3) is 5.91 Å². The SMILES string of the molecule is O=C(NC1CCCCCN1OC(=O)c1ccc(O)cc1)c1cccc(C(=O)c2cc(O)c(O)c(O)c2)c1. The Balaban J connectivity index is 1.49. The van der Waals surface area contributed by atoms with E-state index in [-0.39, 0.29) is 28.0 Å². The van der Waals surface area contributed by atoms with Crippen molar-refractivity contribution in [2.45, 2.75) is 31.8 Å². The second-order valence-corrected chi connectivity index (χ2v) is 8.68. The zero-order valence-corrected chi connectivity index (χ0v) is 19.8. The van der Waals surface area contributed by atoms with E-state index in [9.17, 15) is 34.8 Å². The van der Waals surface area contributed by atoms with Gasteiger partial charge in [0.15, 0.2) is 23.0 Å². The maximum atomic E-state index is 13.1. The number of hydrogen-bond acceptors (Lipinski definition) is 9. The third-order valence-electron chi connectivity index (χ3n) is 6.02. The molecule has 1 aliphatic heterocycles. The average Bonchev–Trinajstić information content (AvgIpc) is 3.11. The number of nitrogens with zero attached hydrogens (tertiary/aromatic N) is 1. The topological polar surface area (TPSA) is 157 Å². The number of carbonyl (C=O) groups is 3. The van der Waals surface area contributed by atoms with E-state index in [0.717, 1.165) is 31.4 Å². The summed E-state index contributed by atoms with van der Waals surface area (Å²) in [5, 5.41) is 42.7. The standard InChI is InChI=1S/C27H26N2O8/c30-20-10-8-16(9-11-20)27(36)37-29-12-3-1-2-7-23(29)28-26(35)18-6-4-5-17(13-18)24(33)19-14-21(31)25(34)22(32)15-19/h4-6,8-11,13-15,23,30-32,34H,1-3,7,12H2,(H,28,35). The first-order valence-corrected chi connectivity index (χ1v) is 11.7. The summed E-state index contributed by atoms with van der Waals surface area (Å²) in [7, 11) is 0. The summed E-state index contributed by atoms with van der Waals surface area (Å²) in [6.45, 7) is 0.418. The first kappa shape index (κ1) is 25.5. The van der Waals surface area contributed by atoms with Gasteiger partial charge in [0, 0.05) is 23.2 Å². The molecule has 1 amide bonds. The van der Waals surface area contributed by atoms with Crippen LogP contribution in [0.4, 0.5) is 0 Å². The second kappa shape index (κ2) is 11.0. The van der Waals surface area contributed by atoms with E-state index in [1.54, 1.807) is 0 Å². The van der Waals surface area contributed by atoms with Crippen LogP contribution in [0.3, 0.4) is 0 Å². The van der Waals surface area contributed by atoms with Gasteiger partial charge in [0.2, 0.25) is 0 Å². The molecule has 3 aromatic rings. The second-order valence-electron chi connectivity index (χ2n) is 8.68. The highest BCUT2D eigenvalue weighted by atomic mass is 16.7. The Morgan fingerprint density at radius 1 is 0.784 bits per heavy atom. The molecule has 5 N–H and O–H groups in total. The number of hydrogen-bond donors (Lipinski definition) is 5. The molecule has 0 aromatic heterocycles. The number of aromatic hydroxyl groups is 4. The Hall–Kier alpha value is -4.57. The van der Waals surface area contributed by atoms with Crippen molar-refractivity contribution in [1.29, 1.82) is 0 Å². The fraction of sp³-hybridized carbons (Fsp3) is 0.222. The van der Waals surface area contributed by atoms with Gasteiger partial charge in [-0.15, -0.1) is 5.06 Å². The number of nitrogens with one attached hydrogen (secondary N) is 1. The Bertz CT molecular complexity index is 1300. The predicted octanol–water partition coefficient (Wildman–Crippen LogP) is 3.44. The van der Waals surface area contributed by atoms with E-state index < -0.39 is 41.1 Å². The summed E-state index contributed by atoms with van der Waals surface area (Å²) < 4.78 is 0. The van der Waals surface area contributed by atoms with Gasteiger partial charge in [0.05, 0.1) is 5.56 Å². The van der Waals surface area contributed by atoms with E-state index in [0.29, 0.717) is 13.0 Å². The van der Waals surface area contributed by atoms with Crippen molar-refractivity contribution < 1.29 is 39.6 Å². The third-order valence-corrected chi connectivity index (χ3v) is 6.02. The summed E-state index contributed by atoms with van der Waals surface area (Å²) >= 11 is 0. The highest BCUT2D eigenvalue weighted by Crippen LogP contribution is 2.36. The number of amides is 1. The molecule has 1 heterocycles.